The number of carboxylic acid groups (broad SMARTS) is 1. The third-order valence-corrected chi connectivity index (χ3v) is 5.29. The first-order chi connectivity index (χ1) is 16.1. The Balaban J connectivity index is 1.71. The number of hydrogen-bond donors (Lipinski definition) is 1. The van der Waals surface area contributed by atoms with Gasteiger partial charge in [-0.2, -0.15) is 18.3 Å². The molecule has 0 unspecified atom stereocenters. The highest BCUT2D eigenvalue weighted by atomic mass is 19.4. The molecule has 0 fully saturated rings. The van der Waals surface area contributed by atoms with Crippen molar-refractivity contribution in [2.45, 2.75) is 45.2 Å². The number of nitrogens with zero attached hydrogens (tertiary/aromatic N) is 2. The Morgan fingerprint density at radius 2 is 1.82 bits per heavy atom. The van der Waals surface area contributed by atoms with Crippen LogP contribution in [0, 0.1) is 0 Å². The van der Waals surface area contributed by atoms with E-state index in [9.17, 15) is 18.0 Å². The van der Waals surface area contributed by atoms with Crippen molar-refractivity contribution in [2.75, 3.05) is 13.7 Å². The molecule has 182 valence electrons. The summed E-state index contributed by atoms with van der Waals surface area (Å²) < 4.78 is 51.4. The lowest BCUT2D eigenvalue weighted by Crippen LogP contribution is -2.07. The van der Waals surface area contributed by atoms with E-state index in [0.29, 0.717) is 42.2 Å². The molecule has 1 heterocycles. The minimum Gasteiger partial charge on any atom is -0.493 e. The van der Waals surface area contributed by atoms with Gasteiger partial charge in [0.05, 0.1) is 37.1 Å². The van der Waals surface area contributed by atoms with Crippen LogP contribution in [0.3, 0.4) is 0 Å². The average Bonchev–Trinajstić information content (AvgIpc) is 3.21. The number of carboxylic acids is 1. The van der Waals surface area contributed by atoms with E-state index in [1.165, 1.54) is 19.2 Å². The standard InChI is InChI=1S/C25H27F3N2O4/c1-16(2)23-18(15-30(29-23)20-11-9-19(10-12-20)25(26,27)28)7-5-13-34-24-17(14-22(31)32)6-4-8-21(24)33-3/h4,6,8-12,15-16H,5,7,13-14H2,1-3H3,(H,31,32). The van der Waals surface area contributed by atoms with Gasteiger partial charge in [0, 0.05) is 11.8 Å². The number of carbonyl (C=O) groups is 1. The maximum Gasteiger partial charge on any atom is 0.416 e. The fraction of sp³-hybridized carbons (Fsp3) is 0.360. The fourth-order valence-corrected chi connectivity index (χ4v) is 3.66. The van der Waals surface area contributed by atoms with Gasteiger partial charge in [-0.3, -0.25) is 4.79 Å². The van der Waals surface area contributed by atoms with Gasteiger partial charge in [-0.1, -0.05) is 26.0 Å². The molecule has 9 heteroatoms. The Kier molecular flexibility index (Phi) is 7.86. The third kappa shape index (κ3) is 6.09. The number of rotatable bonds is 10. The molecule has 0 aliphatic heterocycles. The molecular weight excluding hydrogens is 449 g/mol. The van der Waals surface area contributed by atoms with Crippen LogP contribution in [0.25, 0.3) is 5.69 Å². The molecule has 2 aromatic carbocycles. The zero-order chi connectivity index (χ0) is 24.9. The van der Waals surface area contributed by atoms with Crippen LogP contribution in [-0.2, 0) is 23.8 Å². The van der Waals surface area contributed by atoms with E-state index >= 15 is 0 Å². The molecule has 1 N–H and O–H groups in total. The molecule has 34 heavy (non-hydrogen) atoms. The molecule has 1 aromatic heterocycles. The SMILES string of the molecule is COc1cccc(CC(=O)O)c1OCCCc1cn(-c2ccc(C(F)(F)F)cc2)nc1C(C)C. The highest BCUT2D eigenvalue weighted by Gasteiger charge is 2.30. The second-order valence-corrected chi connectivity index (χ2v) is 8.15. The molecule has 0 radical (unpaired) electrons. The molecule has 0 aliphatic rings. The molecule has 0 amide bonds. The smallest absolute Gasteiger partial charge is 0.416 e. The number of hydrogen-bond acceptors (Lipinski definition) is 4. The molecule has 0 atom stereocenters. The van der Waals surface area contributed by atoms with Crippen molar-refractivity contribution in [3.63, 3.8) is 0 Å². The number of para-hydroxylation sites is 1. The summed E-state index contributed by atoms with van der Waals surface area (Å²) in [5.74, 6) is 0.0482. The lowest BCUT2D eigenvalue weighted by Gasteiger charge is -2.14. The van der Waals surface area contributed by atoms with Gasteiger partial charge < -0.3 is 14.6 Å². The van der Waals surface area contributed by atoms with Crippen LogP contribution in [0.4, 0.5) is 13.2 Å². The summed E-state index contributed by atoms with van der Waals surface area (Å²) >= 11 is 0. The second-order valence-electron chi connectivity index (χ2n) is 8.15. The molecule has 3 rings (SSSR count). The summed E-state index contributed by atoms with van der Waals surface area (Å²) in [5.41, 5.74) is 2.21. The first-order valence-electron chi connectivity index (χ1n) is 10.9. The first kappa shape index (κ1) is 25.1. The van der Waals surface area contributed by atoms with Crippen LogP contribution in [0.1, 0.15) is 48.6 Å². The van der Waals surface area contributed by atoms with Gasteiger partial charge in [0.15, 0.2) is 11.5 Å². The molecular formula is C25H27F3N2O4. The van der Waals surface area contributed by atoms with Gasteiger partial charge in [0.2, 0.25) is 0 Å². The predicted octanol–water partition coefficient (Wildman–Crippen LogP) is 5.66. The largest absolute Gasteiger partial charge is 0.493 e. The Bertz CT molecular complexity index is 1120. The lowest BCUT2D eigenvalue weighted by molar-refractivity contribution is -0.138. The van der Waals surface area contributed by atoms with Gasteiger partial charge in [-0.15, -0.1) is 0 Å². The van der Waals surface area contributed by atoms with Crippen molar-refractivity contribution in [1.82, 2.24) is 9.78 Å². The zero-order valence-corrected chi connectivity index (χ0v) is 19.2. The van der Waals surface area contributed by atoms with Crippen LogP contribution in [0.15, 0.2) is 48.7 Å². The van der Waals surface area contributed by atoms with E-state index in [2.05, 4.69) is 5.10 Å². The van der Waals surface area contributed by atoms with Crippen molar-refractivity contribution in [3.8, 4) is 17.2 Å². The van der Waals surface area contributed by atoms with Crippen molar-refractivity contribution in [1.29, 1.82) is 0 Å². The van der Waals surface area contributed by atoms with E-state index in [1.54, 1.807) is 22.9 Å². The lowest BCUT2D eigenvalue weighted by atomic mass is 10.0. The van der Waals surface area contributed by atoms with Crippen molar-refractivity contribution >= 4 is 5.97 Å². The normalized spacial score (nSPS) is 11.6. The predicted molar refractivity (Wildman–Crippen MR) is 121 cm³/mol. The summed E-state index contributed by atoms with van der Waals surface area (Å²) in [5, 5.41) is 13.7. The summed E-state index contributed by atoms with van der Waals surface area (Å²) in [4.78, 5) is 11.2. The van der Waals surface area contributed by atoms with E-state index in [0.717, 1.165) is 23.4 Å². The number of aliphatic carboxylic acids is 1. The summed E-state index contributed by atoms with van der Waals surface area (Å²) in [6.45, 7) is 4.34. The molecule has 6 nitrogen and oxygen atoms in total. The zero-order valence-electron chi connectivity index (χ0n) is 19.2. The molecule has 3 aromatic rings. The monoisotopic (exact) mass is 476 g/mol. The van der Waals surface area contributed by atoms with Crippen molar-refractivity contribution < 1.29 is 32.5 Å². The van der Waals surface area contributed by atoms with E-state index in [1.807, 2.05) is 20.0 Å². The van der Waals surface area contributed by atoms with Gasteiger partial charge in [0.1, 0.15) is 0 Å². The van der Waals surface area contributed by atoms with Crippen molar-refractivity contribution in [3.05, 3.63) is 71.0 Å². The van der Waals surface area contributed by atoms with Crippen LogP contribution in [0.2, 0.25) is 0 Å². The van der Waals surface area contributed by atoms with Crippen LogP contribution in [0.5, 0.6) is 11.5 Å². The van der Waals surface area contributed by atoms with Crippen molar-refractivity contribution in [2.24, 2.45) is 0 Å². The van der Waals surface area contributed by atoms with Gasteiger partial charge >= 0.3 is 12.1 Å². The summed E-state index contributed by atoms with van der Waals surface area (Å²) in [7, 11) is 1.50. The molecule has 0 bridgehead atoms. The quantitative estimate of drug-likeness (QED) is 0.382. The maximum atomic E-state index is 12.9. The number of alkyl halides is 3. The van der Waals surface area contributed by atoms with Gasteiger partial charge in [0.25, 0.3) is 0 Å². The minimum atomic E-state index is -4.39. The Hall–Kier alpha value is -3.49. The van der Waals surface area contributed by atoms with E-state index in [4.69, 9.17) is 14.6 Å². The first-order valence-corrected chi connectivity index (χ1v) is 10.9. The molecule has 0 aliphatic carbocycles. The summed E-state index contributed by atoms with van der Waals surface area (Å²) in [6.07, 6.45) is -1.47. The molecule has 0 saturated carbocycles. The van der Waals surface area contributed by atoms with E-state index in [-0.39, 0.29) is 12.3 Å². The molecule has 0 spiro atoms. The second kappa shape index (κ2) is 10.6. The fourth-order valence-electron chi connectivity index (χ4n) is 3.66. The topological polar surface area (TPSA) is 73.6 Å². The van der Waals surface area contributed by atoms with Gasteiger partial charge in [-0.05, 0) is 54.7 Å². The van der Waals surface area contributed by atoms with Crippen LogP contribution < -0.4 is 9.47 Å². The number of ether oxygens (including phenoxy) is 2. The highest BCUT2D eigenvalue weighted by molar-refractivity contribution is 5.72. The number of aryl methyl sites for hydroxylation is 1. The third-order valence-electron chi connectivity index (χ3n) is 5.29. The summed E-state index contributed by atoms with van der Waals surface area (Å²) in [6, 6.07) is 10.0. The number of halogens is 3. The van der Waals surface area contributed by atoms with Crippen LogP contribution in [-0.4, -0.2) is 34.6 Å². The van der Waals surface area contributed by atoms with Crippen LogP contribution >= 0.6 is 0 Å². The number of methoxy groups -OCH3 is 1. The van der Waals surface area contributed by atoms with E-state index < -0.39 is 17.7 Å². The average molecular weight is 476 g/mol. The number of benzene rings is 2. The van der Waals surface area contributed by atoms with Gasteiger partial charge in [-0.25, -0.2) is 4.68 Å². The molecule has 0 saturated heterocycles. The maximum absolute atomic E-state index is 12.9. The Labute approximate surface area is 195 Å². The Morgan fingerprint density at radius 1 is 1.12 bits per heavy atom. The highest BCUT2D eigenvalue weighted by Crippen LogP contribution is 2.32. The number of aromatic nitrogens is 2. The Morgan fingerprint density at radius 3 is 2.41 bits per heavy atom. The minimum absolute atomic E-state index is 0.128.